The van der Waals surface area contributed by atoms with Crippen LogP contribution in [0.2, 0.25) is 0 Å². The van der Waals surface area contributed by atoms with Crippen LogP contribution in [0.3, 0.4) is 0 Å². The largest absolute Gasteiger partial charge is 0.381 e. The lowest BCUT2D eigenvalue weighted by Gasteiger charge is -2.29. The van der Waals surface area contributed by atoms with Crippen LogP contribution in [0.4, 0.5) is 5.82 Å². The molecule has 0 spiro atoms. The SMILES string of the molecule is CN=C(NCCCOCC1CCOC1)NCc1cccnc1N1CCOCC1. The van der Waals surface area contributed by atoms with Gasteiger partial charge in [0.25, 0.3) is 0 Å². The van der Waals surface area contributed by atoms with E-state index in [4.69, 9.17) is 14.2 Å². The Morgan fingerprint density at radius 1 is 1.29 bits per heavy atom. The molecular formula is C20H33N5O3. The molecule has 0 radical (unpaired) electrons. The number of pyridine rings is 1. The van der Waals surface area contributed by atoms with Gasteiger partial charge >= 0.3 is 0 Å². The first-order chi connectivity index (χ1) is 13.9. The Morgan fingerprint density at radius 2 is 2.18 bits per heavy atom. The summed E-state index contributed by atoms with van der Waals surface area (Å²) >= 11 is 0. The van der Waals surface area contributed by atoms with Crippen LogP contribution in [0, 0.1) is 5.92 Å². The van der Waals surface area contributed by atoms with Crippen molar-refractivity contribution < 1.29 is 14.2 Å². The third-order valence-corrected chi connectivity index (χ3v) is 4.98. The second-order valence-corrected chi connectivity index (χ2v) is 7.10. The highest BCUT2D eigenvalue weighted by Gasteiger charge is 2.16. The summed E-state index contributed by atoms with van der Waals surface area (Å²) in [6.07, 6.45) is 3.91. The lowest BCUT2D eigenvalue weighted by Crippen LogP contribution is -2.39. The summed E-state index contributed by atoms with van der Waals surface area (Å²) < 4.78 is 16.5. The van der Waals surface area contributed by atoms with Gasteiger partial charge in [-0.2, -0.15) is 0 Å². The van der Waals surface area contributed by atoms with Crippen molar-refractivity contribution in [1.29, 1.82) is 0 Å². The highest BCUT2D eigenvalue weighted by molar-refractivity contribution is 5.79. The van der Waals surface area contributed by atoms with Gasteiger partial charge in [-0.1, -0.05) is 6.07 Å². The molecule has 28 heavy (non-hydrogen) atoms. The molecule has 0 aromatic carbocycles. The van der Waals surface area contributed by atoms with Crippen molar-refractivity contribution in [3.8, 4) is 0 Å². The van der Waals surface area contributed by atoms with Crippen molar-refractivity contribution in [2.24, 2.45) is 10.9 Å². The first kappa shape index (κ1) is 20.8. The second kappa shape index (κ2) is 11.8. The van der Waals surface area contributed by atoms with E-state index in [1.54, 1.807) is 7.05 Å². The lowest BCUT2D eigenvalue weighted by molar-refractivity contribution is 0.0888. The number of anilines is 1. The van der Waals surface area contributed by atoms with E-state index in [0.29, 0.717) is 12.5 Å². The maximum absolute atomic E-state index is 5.74. The number of hydrogen-bond donors (Lipinski definition) is 2. The van der Waals surface area contributed by atoms with Crippen molar-refractivity contribution in [2.75, 3.05) is 71.2 Å². The molecule has 0 aliphatic carbocycles. The van der Waals surface area contributed by atoms with Gasteiger partial charge in [-0.15, -0.1) is 0 Å². The van der Waals surface area contributed by atoms with E-state index in [0.717, 1.165) is 89.5 Å². The molecule has 0 amide bonds. The first-order valence-corrected chi connectivity index (χ1v) is 10.2. The Morgan fingerprint density at radius 3 is 2.96 bits per heavy atom. The predicted molar refractivity (Wildman–Crippen MR) is 110 cm³/mol. The zero-order valence-corrected chi connectivity index (χ0v) is 16.9. The quantitative estimate of drug-likeness (QED) is 0.370. The minimum absolute atomic E-state index is 0.572. The molecule has 2 aliphatic heterocycles. The summed E-state index contributed by atoms with van der Waals surface area (Å²) in [6, 6.07) is 4.09. The summed E-state index contributed by atoms with van der Waals surface area (Å²) in [4.78, 5) is 11.2. The molecule has 2 fully saturated rings. The molecular weight excluding hydrogens is 358 g/mol. The predicted octanol–water partition coefficient (Wildman–Crippen LogP) is 1.03. The molecule has 0 saturated carbocycles. The molecule has 2 aliphatic rings. The summed E-state index contributed by atoms with van der Waals surface area (Å²) in [5.74, 6) is 2.39. The van der Waals surface area contributed by atoms with Crippen molar-refractivity contribution in [1.82, 2.24) is 15.6 Å². The van der Waals surface area contributed by atoms with E-state index in [9.17, 15) is 0 Å². The van der Waals surface area contributed by atoms with E-state index in [-0.39, 0.29) is 0 Å². The number of nitrogens with one attached hydrogen (secondary N) is 2. The standard InChI is InChI=1S/C20H33N5O3/c1-21-20(23-7-3-10-27-15-17-5-11-28-16-17)24-14-18-4-2-6-22-19(18)25-8-12-26-13-9-25/h2,4,6,17H,3,5,7-16H2,1H3,(H2,21,23,24). The number of nitrogens with zero attached hydrogens (tertiary/aromatic N) is 3. The number of rotatable bonds is 9. The minimum atomic E-state index is 0.572. The van der Waals surface area contributed by atoms with Crippen LogP contribution in [0.5, 0.6) is 0 Å². The van der Waals surface area contributed by atoms with Crippen LogP contribution >= 0.6 is 0 Å². The summed E-state index contributed by atoms with van der Waals surface area (Å²) in [5.41, 5.74) is 1.16. The molecule has 156 valence electrons. The van der Waals surface area contributed by atoms with E-state index in [2.05, 4.69) is 31.6 Å². The van der Waals surface area contributed by atoms with Crippen molar-refractivity contribution in [3.05, 3.63) is 23.9 Å². The minimum Gasteiger partial charge on any atom is -0.381 e. The Hall–Kier alpha value is -1.90. The van der Waals surface area contributed by atoms with Gasteiger partial charge in [0.05, 0.1) is 26.4 Å². The highest BCUT2D eigenvalue weighted by atomic mass is 16.5. The van der Waals surface area contributed by atoms with Gasteiger partial charge < -0.3 is 29.7 Å². The Labute approximate surface area is 167 Å². The number of morpholine rings is 1. The van der Waals surface area contributed by atoms with E-state index in [1.165, 1.54) is 0 Å². The fraction of sp³-hybridized carbons (Fsp3) is 0.700. The molecule has 8 nitrogen and oxygen atoms in total. The van der Waals surface area contributed by atoms with Crippen LogP contribution in [0.1, 0.15) is 18.4 Å². The summed E-state index contributed by atoms with van der Waals surface area (Å²) in [5, 5.41) is 6.73. The summed E-state index contributed by atoms with van der Waals surface area (Å²) in [7, 11) is 1.79. The second-order valence-electron chi connectivity index (χ2n) is 7.10. The zero-order chi connectivity index (χ0) is 19.4. The smallest absolute Gasteiger partial charge is 0.191 e. The Kier molecular flexibility index (Phi) is 8.80. The molecule has 3 rings (SSSR count). The topological polar surface area (TPSA) is 80.2 Å². The average Bonchev–Trinajstić information content (AvgIpc) is 3.27. The molecule has 0 bridgehead atoms. The maximum Gasteiger partial charge on any atom is 0.191 e. The van der Waals surface area contributed by atoms with Crippen LogP contribution in [-0.2, 0) is 20.8 Å². The molecule has 2 N–H and O–H groups in total. The van der Waals surface area contributed by atoms with Crippen molar-refractivity contribution in [2.45, 2.75) is 19.4 Å². The van der Waals surface area contributed by atoms with Gasteiger partial charge in [0.15, 0.2) is 5.96 Å². The number of guanidine groups is 1. The van der Waals surface area contributed by atoms with Gasteiger partial charge in [-0.05, 0) is 18.9 Å². The fourth-order valence-electron chi connectivity index (χ4n) is 3.37. The Bertz CT molecular complexity index is 601. The monoisotopic (exact) mass is 391 g/mol. The zero-order valence-electron chi connectivity index (χ0n) is 16.9. The number of aromatic nitrogens is 1. The lowest BCUT2D eigenvalue weighted by atomic mass is 10.1. The van der Waals surface area contributed by atoms with Crippen LogP contribution < -0.4 is 15.5 Å². The van der Waals surface area contributed by atoms with Crippen LogP contribution in [-0.4, -0.2) is 77.3 Å². The van der Waals surface area contributed by atoms with Gasteiger partial charge in [-0.25, -0.2) is 4.98 Å². The van der Waals surface area contributed by atoms with Crippen molar-refractivity contribution >= 4 is 11.8 Å². The number of aliphatic imine (C=N–C) groups is 1. The van der Waals surface area contributed by atoms with Gasteiger partial charge in [-0.3, -0.25) is 4.99 Å². The molecule has 1 aromatic heterocycles. The summed E-state index contributed by atoms with van der Waals surface area (Å²) in [6.45, 7) is 8.04. The average molecular weight is 392 g/mol. The van der Waals surface area contributed by atoms with E-state index >= 15 is 0 Å². The van der Waals surface area contributed by atoms with E-state index < -0.39 is 0 Å². The molecule has 2 saturated heterocycles. The molecule has 3 heterocycles. The molecule has 1 unspecified atom stereocenters. The maximum atomic E-state index is 5.74. The third kappa shape index (κ3) is 6.61. The van der Waals surface area contributed by atoms with E-state index in [1.807, 2.05) is 12.3 Å². The third-order valence-electron chi connectivity index (χ3n) is 4.98. The first-order valence-electron chi connectivity index (χ1n) is 10.2. The van der Waals surface area contributed by atoms with Gasteiger partial charge in [0.2, 0.25) is 0 Å². The molecule has 1 aromatic rings. The van der Waals surface area contributed by atoms with Gasteiger partial charge in [0, 0.05) is 64.1 Å². The molecule has 1 atom stereocenters. The number of ether oxygens (including phenoxy) is 3. The van der Waals surface area contributed by atoms with Crippen molar-refractivity contribution in [3.63, 3.8) is 0 Å². The fourth-order valence-corrected chi connectivity index (χ4v) is 3.37. The number of hydrogen-bond acceptors (Lipinski definition) is 6. The van der Waals surface area contributed by atoms with Crippen LogP contribution in [0.15, 0.2) is 23.3 Å². The highest BCUT2D eigenvalue weighted by Crippen LogP contribution is 2.18. The normalized spacial score (nSPS) is 20.4. The van der Waals surface area contributed by atoms with Crippen LogP contribution in [0.25, 0.3) is 0 Å². The molecule has 8 heteroatoms. The van der Waals surface area contributed by atoms with Gasteiger partial charge in [0.1, 0.15) is 5.82 Å². The Balaban J connectivity index is 1.36.